The van der Waals surface area contributed by atoms with Gasteiger partial charge in [-0.2, -0.15) is 0 Å². The van der Waals surface area contributed by atoms with Crippen molar-refractivity contribution in [2.24, 2.45) is 0 Å². The summed E-state index contributed by atoms with van der Waals surface area (Å²) in [7, 11) is 1.69. The Hall–Kier alpha value is -2.47. The average Bonchev–Trinajstić information content (AvgIpc) is 2.63. The third-order valence-electron chi connectivity index (χ3n) is 4.23. The van der Waals surface area contributed by atoms with Crippen molar-refractivity contribution in [2.45, 2.75) is 18.9 Å². The highest BCUT2D eigenvalue weighted by atomic mass is 19.1. The number of ether oxygens (including phenoxy) is 1. The van der Waals surface area contributed by atoms with Gasteiger partial charge in [-0.25, -0.2) is 9.37 Å². The molecular weight excluding hydrogens is 309 g/mol. The van der Waals surface area contributed by atoms with Crippen molar-refractivity contribution >= 4 is 17.4 Å². The molecule has 0 saturated carbocycles. The van der Waals surface area contributed by atoms with E-state index in [4.69, 9.17) is 4.74 Å². The zero-order chi connectivity index (χ0) is 16.9. The van der Waals surface area contributed by atoms with E-state index < -0.39 is 0 Å². The molecule has 3 rings (SSSR count). The van der Waals surface area contributed by atoms with Crippen LogP contribution < -0.4 is 5.32 Å². The highest BCUT2D eigenvalue weighted by molar-refractivity contribution is 5.99. The number of nitrogens with zero attached hydrogens (tertiary/aromatic N) is 2. The van der Waals surface area contributed by atoms with Crippen LogP contribution in [-0.2, 0) is 4.74 Å². The predicted octanol–water partition coefficient (Wildman–Crippen LogP) is 3.22. The summed E-state index contributed by atoms with van der Waals surface area (Å²) in [6.45, 7) is 1.29. The number of piperidine rings is 1. The number of para-hydroxylation sites is 1. The van der Waals surface area contributed by atoms with Crippen molar-refractivity contribution in [1.82, 2.24) is 9.88 Å². The van der Waals surface area contributed by atoms with E-state index in [-0.39, 0.29) is 17.8 Å². The van der Waals surface area contributed by atoms with Gasteiger partial charge in [0.1, 0.15) is 11.6 Å². The number of aromatic nitrogens is 1. The summed E-state index contributed by atoms with van der Waals surface area (Å²) in [6, 6.07) is 9.74. The molecule has 0 spiro atoms. The van der Waals surface area contributed by atoms with Gasteiger partial charge in [-0.3, -0.25) is 4.79 Å². The molecule has 1 N–H and O–H groups in total. The summed E-state index contributed by atoms with van der Waals surface area (Å²) < 4.78 is 19.2. The second-order valence-electron chi connectivity index (χ2n) is 5.73. The Morgan fingerprint density at radius 3 is 2.71 bits per heavy atom. The van der Waals surface area contributed by atoms with Gasteiger partial charge in [0.2, 0.25) is 0 Å². The molecular formula is C18H20FN3O2. The molecule has 5 nitrogen and oxygen atoms in total. The topological polar surface area (TPSA) is 54.5 Å². The van der Waals surface area contributed by atoms with Crippen LogP contribution in [0.25, 0.3) is 0 Å². The fourth-order valence-corrected chi connectivity index (χ4v) is 2.83. The SMILES string of the molecule is COC1CCN(C(=O)c2cccnc2Nc2ccccc2F)CC1. The van der Waals surface area contributed by atoms with Crippen LogP contribution in [0.2, 0.25) is 0 Å². The van der Waals surface area contributed by atoms with E-state index in [1.54, 1.807) is 48.5 Å². The van der Waals surface area contributed by atoms with Crippen LogP contribution in [0.5, 0.6) is 0 Å². The lowest BCUT2D eigenvalue weighted by Crippen LogP contribution is -2.40. The van der Waals surface area contributed by atoms with Crippen LogP contribution in [0.3, 0.4) is 0 Å². The molecule has 1 fully saturated rings. The Balaban J connectivity index is 1.79. The first-order valence-corrected chi connectivity index (χ1v) is 7.97. The zero-order valence-corrected chi connectivity index (χ0v) is 13.5. The normalized spacial score (nSPS) is 15.3. The second-order valence-corrected chi connectivity index (χ2v) is 5.73. The number of amides is 1. The van der Waals surface area contributed by atoms with Crippen LogP contribution in [0, 0.1) is 5.82 Å². The molecule has 2 heterocycles. The van der Waals surface area contributed by atoms with E-state index in [9.17, 15) is 9.18 Å². The van der Waals surface area contributed by atoms with Gasteiger partial charge >= 0.3 is 0 Å². The Labute approximate surface area is 140 Å². The van der Waals surface area contributed by atoms with Crippen LogP contribution in [0.15, 0.2) is 42.6 Å². The Kier molecular flexibility index (Phi) is 5.05. The standard InChI is InChI=1S/C18H20FN3O2/c1-24-13-8-11-22(12-9-13)18(23)14-5-4-10-20-17(14)21-16-7-3-2-6-15(16)19/h2-7,10,13H,8-9,11-12H2,1H3,(H,20,21). The van der Waals surface area contributed by atoms with Crippen LogP contribution in [0.4, 0.5) is 15.9 Å². The summed E-state index contributed by atoms with van der Waals surface area (Å²) in [5, 5.41) is 2.92. The van der Waals surface area contributed by atoms with Gasteiger partial charge in [0, 0.05) is 26.4 Å². The van der Waals surface area contributed by atoms with Crippen molar-refractivity contribution in [1.29, 1.82) is 0 Å². The fourth-order valence-electron chi connectivity index (χ4n) is 2.83. The summed E-state index contributed by atoms with van der Waals surface area (Å²) in [6.07, 6.45) is 3.42. The quantitative estimate of drug-likeness (QED) is 0.936. The van der Waals surface area contributed by atoms with Gasteiger partial charge in [-0.05, 0) is 37.1 Å². The zero-order valence-electron chi connectivity index (χ0n) is 13.5. The van der Waals surface area contributed by atoms with Crippen LogP contribution in [0.1, 0.15) is 23.2 Å². The molecule has 0 unspecified atom stereocenters. The molecule has 0 bridgehead atoms. The van der Waals surface area contributed by atoms with Crippen molar-refractivity contribution in [3.8, 4) is 0 Å². The third kappa shape index (κ3) is 3.54. The van der Waals surface area contributed by atoms with Gasteiger partial charge in [0.15, 0.2) is 0 Å². The maximum absolute atomic E-state index is 13.8. The van der Waals surface area contributed by atoms with Gasteiger partial charge in [-0.1, -0.05) is 12.1 Å². The maximum atomic E-state index is 13.8. The molecule has 0 aliphatic carbocycles. The first kappa shape index (κ1) is 16.4. The van der Waals surface area contributed by atoms with Gasteiger partial charge in [0.05, 0.1) is 17.4 Å². The number of carbonyl (C=O) groups is 1. The van der Waals surface area contributed by atoms with E-state index in [1.165, 1.54) is 6.07 Å². The van der Waals surface area contributed by atoms with Gasteiger partial charge in [-0.15, -0.1) is 0 Å². The number of hydrogen-bond donors (Lipinski definition) is 1. The molecule has 0 atom stereocenters. The lowest BCUT2D eigenvalue weighted by atomic mass is 10.1. The maximum Gasteiger partial charge on any atom is 0.257 e. The molecule has 1 saturated heterocycles. The van der Waals surface area contributed by atoms with E-state index in [0.717, 1.165) is 12.8 Å². The predicted molar refractivity (Wildman–Crippen MR) is 89.9 cm³/mol. The van der Waals surface area contributed by atoms with Crippen molar-refractivity contribution < 1.29 is 13.9 Å². The molecule has 1 aliphatic heterocycles. The number of pyridine rings is 1. The Morgan fingerprint density at radius 2 is 2.00 bits per heavy atom. The number of anilines is 2. The number of methoxy groups -OCH3 is 1. The first-order valence-electron chi connectivity index (χ1n) is 7.97. The Morgan fingerprint density at radius 1 is 1.25 bits per heavy atom. The number of benzene rings is 1. The summed E-state index contributed by atoms with van der Waals surface area (Å²) in [4.78, 5) is 18.8. The molecule has 1 aromatic heterocycles. The molecule has 2 aromatic rings. The number of halogens is 1. The lowest BCUT2D eigenvalue weighted by molar-refractivity contribution is 0.0351. The van der Waals surface area contributed by atoms with Gasteiger partial charge < -0.3 is 15.0 Å². The average molecular weight is 329 g/mol. The molecule has 24 heavy (non-hydrogen) atoms. The minimum atomic E-state index is -0.387. The van der Waals surface area contributed by atoms with Crippen LogP contribution >= 0.6 is 0 Å². The summed E-state index contributed by atoms with van der Waals surface area (Å²) in [5.41, 5.74) is 0.736. The summed E-state index contributed by atoms with van der Waals surface area (Å²) >= 11 is 0. The smallest absolute Gasteiger partial charge is 0.257 e. The largest absolute Gasteiger partial charge is 0.381 e. The molecule has 0 radical (unpaired) electrons. The highest BCUT2D eigenvalue weighted by Gasteiger charge is 2.25. The minimum Gasteiger partial charge on any atom is -0.381 e. The first-order chi connectivity index (χ1) is 11.7. The van der Waals surface area contributed by atoms with E-state index in [2.05, 4.69) is 10.3 Å². The number of nitrogens with one attached hydrogen (secondary N) is 1. The lowest BCUT2D eigenvalue weighted by Gasteiger charge is -2.31. The van der Waals surface area contributed by atoms with E-state index in [0.29, 0.717) is 30.2 Å². The van der Waals surface area contributed by atoms with Crippen molar-refractivity contribution in [3.63, 3.8) is 0 Å². The fraction of sp³-hybridized carbons (Fsp3) is 0.333. The van der Waals surface area contributed by atoms with Crippen molar-refractivity contribution in [3.05, 3.63) is 54.0 Å². The van der Waals surface area contributed by atoms with Crippen LogP contribution in [-0.4, -0.2) is 42.1 Å². The van der Waals surface area contributed by atoms with Gasteiger partial charge in [0.25, 0.3) is 5.91 Å². The summed E-state index contributed by atoms with van der Waals surface area (Å²) in [5.74, 6) is -0.125. The number of rotatable bonds is 4. The molecule has 6 heteroatoms. The number of carbonyl (C=O) groups excluding carboxylic acids is 1. The monoisotopic (exact) mass is 329 g/mol. The van der Waals surface area contributed by atoms with Crippen molar-refractivity contribution in [2.75, 3.05) is 25.5 Å². The second kappa shape index (κ2) is 7.40. The molecule has 1 amide bonds. The highest BCUT2D eigenvalue weighted by Crippen LogP contribution is 2.23. The molecule has 126 valence electrons. The van der Waals surface area contributed by atoms with E-state index >= 15 is 0 Å². The molecule has 1 aliphatic rings. The molecule has 1 aromatic carbocycles. The third-order valence-corrected chi connectivity index (χ3v) is 4.23. The number of likely N-dealkylation sites (tertiary alicyclic amines) is 1. The van der Waals surface area contributed by atoms with E-state index in [1.807, 2.05) is 0 Å². The minimum absolute atomic E-state index is 0.100. The Bertz CT molecular complexity index is 715. The number of hydrogen-bond acceptors (Lipinski definition) is 4.